The van der Waals surface area contributed by atoms with Gasteiger partial charge in [0.05, 0.1) is 23.6 Å². The van der Waals surface area contributed by atoms with Crippen molar-refractivity contribution < 1.29 is 34.4 Å². The van der Waals surface area contributed by atoms with Crippen molar-refractivity contribution in [3.8, 4) is 5.75 Å². The van der Waals surface area contributed by atoms with Crippen LogP contribution in [0.2, 0.25) is 6.32 Å². The molecule has 2 saturated heterocycles. The molecule has 5 rings (SSSR count). The molecule has 3 aliphatic rings. The van der Waals surface area contributed by atoms with Gasteiger partial charge < -0.3 is 24.8 Å². The number of amides is 2. The van der Waals surface area contributed by atoms with E-state index in [1.165, 1.54) is 17.0 Å². The van der Waals surface area contributed by atoms with Gasteiger partial charge in [0, 0.05) is 5.56 Å². The van der Waals surface area contributed by atoms with Crippen molar-refractivity contribution in [3.63, 3.8) is 0 Å². The third-order valence-corrected chi connectivity index (χ3v) is 8.30. The van der Waals surface area contributed by atoms with Gasteiger partial charge in [-0.25, -0.2) is 0 Å². The Morgan fingerprint density at radius 3 is 2.62 bits per heavy atom. The zero-order valence-corrected chi connectivity index (χ0v) is 22.2. The minimum atomic E-state index is -1.71. The second kappa shape index (κ2) is 11.1. The highest BCUT2D eigenvalue weighted by molar-refractivity contribution is 6.58. The Morgan fingerprint density at radius 1 is 1.13 bits per heavy atom. The molecule has 0 spiro atoms. The summed E-state index contributed by atoms with van der Waals surface area (Å²) in [4.78, 5) is 28.6. The summed E-state index contributed by atoms with van der Waals surface area (Å²) in [6.07, 6.45) is 4.24. The maximum absolute atomic E-state index is 13.8. The maximum atomic E-state index is 13.8. The molecule has 1 aliphatic carbocycles. The quantitative estimate of drug-likeness (QED) is 0.247. The van der Waals surface area contributed by atoms with E-state index < -0.39 is 26.1 Å². The molecule has 2 fully saturated rings. The highest BCUT2D eigenvalue weighted by atomic mass is 16.5. The van der Waals surface area contributed by atoms with Gasteiger partial charge in [0.1, 0.15) is 5.75 Å². The third kappa shape index (κ3) is 5.22. The van der Waals surface area contributed by atoms with Gasteiger partial charge in [-0.3, -0.25) is 14.5 Å². The van der Waals surface area contributed by atoms with E-state index in [1.807, 2.05) is 32.1 Å². The van der Waals surface area contributed by atoms with Crippen LogP contribution in [0.4, 0.5) is 5.69 Å². The van der Waals surface area contributed by atoms with Crippen LogP contribution in [0.5, 0.6) is 5.75 Å². The molecule has 2 aliphatic heterocycles. The topological polar surface area (TPSA) is 128 Å². The summed E-state index contributed by atoms with van der Waals surface area (Å²) in [5, 5.41) is 40.0. The van der Waals surface area contributed by atoms with Crippen LogP contribution in [-0.4, -0.2) is 52.3 Å². The van der Waals surface area contributed by atoms with E-state index in [1.54, 1.807) is 24.3 Å². The summed E-state index contributed by atoms with van der Waals surface area (Å²) in [5.41, 5.74) is 4.43. The lowest BCUT2D eigenvalue weighted by atomic mass is 9.58. The summed E-state index contributed by atoms with van der Waals surface area (Å²) in [6.45, 7) is 4.03. The number of carbonyl (C=O) groups excluding carboxylic acids is 2. The minimum absolute atomic E-state index is 0.199. The van der Waals surface area contributed by atoms with Gasteiger partial charge in [-0.1, -0.05) is 54.5 Å². The molecule has 8 nitrogen and oxygen atoms in total. The molecule has 2 aromatic rings. The van der Waals surface area contributed by atoms with Crippen molar-refractivity contribution >= 4 is 43.3 Å². The van der Waals surface area contributed by atoms with Gasteiger partial charge >= 0.3 is 14.2 Å². The third-order valence-electron chi connectivity index (χ3n) is 8.30. The van der Waals surface area contributed by atoms with Crippen molar-refractivity contribution in [1.82, 2.24) is 0 Å². The molecule has 4 atom stereocenters. The number of para-hydroxylation sites is 1. The van der Waals surface area contributed by atoms with Crippen LogP contribution in [0.1, 0.15) is 45.1 Å². The molecule has 39 heavy (non-hydrogen) atoms. The zero-order chi connectivity index (χ0) is 27.8. The number of hydrogen-bond donors (Lipinski definition) is 4. The van der Waals surface area contributed by atoms with Gasteiger partial charge in [0.15, 0.2) is 0 Å². The van der Waals surface area contributed by atoms with E-state index in [9.17, 15) is 29.8 Å². The number of allylic oxidation sites excluding steroid dienone is 2. The lowest BCUT2D eigenvalue weighted by molar-refractivity contribution is -0.122. The van der Waals surface area contributed by atoms with Crippen LogP contribution in [0.3, 0.4) is 0 Å². The Kier molecular flexibility index (Phi) is 7.82. The lowest BCUT2D eigenvalue weighted by Crippen LogP contribution is -2.46. The van der Waals surface area contributed by atoms with Crippen LogP contribution in [0.15, 0.2) is 65.3 Å². The molecule has 0 radical (unpaired) electrons. The Balaban J connectivity index is 1.42. The normalized spacial score (nSPS) is 25.2. The molecule has 4 N–H and O–H groups in total. The van der Waals surface area contributed by atoms with Gasteiger partial charge in [-0.2, -0.15) is 0 Å². The number of fused-ring (bicyclic) bond motifs is 3. The summed E-state index contributed by atoms with van der Waals surface area (Å²) in [7, 11) is -2.76. The van der Waals surface area contributed by atoms with E-state index in [0.717, 1.165) is 22.3 Å². The Bertz CT molecular complexity index is 1340. The molecule has 202 valence electrons. The van der Waals surface area contributed by atoms with Crippen molar-refractivity contribution in [3.05, 3.63) is 70.8 Å². The summed E-state index contributed by atoms with van der Waals surface area (Å²) in [6, 6.07) is 13.3. The Morgan fingerprint density at radius 2 is 1.90 bits per heavy atom. The number of benzene rings is 2. The molecule has 2 aromatic carbocycles. The van der Waals surface area contributed by atoms with E-state index in [4.69, 9.17) is 4.65 Å². The fraction of sp³-hybridized carbons (Fsp3) is 0.379. The fourth-order valence-electron chi connectivity index (χ4n) is 6.49. The van der Waals surface area contributed by atoms with E-state index >= 15 is 0 Å². The molecule has 0 aromatic heterocycles. The van der Waals surface area contributed by atoms with Crippen LogP contribution in [0, 0.1) is 17.8 Å². The van der Waals surface area contributed by atoms with Crippen molar-refractivity contribution in [2.45, 2.75) is 52.0 Å². The molecule has 10 heteroatoms. The standard InChI is InChI=1S/C29H33B2NO7/c1-3-18-14-22-27(29(35)32(28(22)34)21-9-6-8-20(15-21)31(37)38)23-16-30(36)39-25(26(18)23)12-11-17(2)13-19-7-4-5-10-24(19)33/h4-10,13,15,22-23,25,27,33,36-38H,3,11-12,14,16H2,1-2H3/b17-13+/t22-,23+,25-,27-/m1/s1. The van der Waals surface area contributed by atoms with Gasteiger partial charge in [0.25, 0.3) is 0 Å². The number of rotatable bonds is 7. The van der Waals surface area contributed by atoms with Crippen molar-refractivity contribution in [2.24, 2.45) is 17.8 Å². The van der Waals surface area contributed by atoms with Crippen LogP contribution in [0.25, 0.3) is 6.08 Å². The number of phenolic OH excluding ortho intramolecular Hbond substituents is 1. The smallest absolute Gasteiger partial charge is 0.488 e. The SMILES string of the molecule is CCC1=C2[C@@H](CC/C(C)=C/c3ccccc3O)OB(O)C[C@@H]2[C@@H]2C(=O)N(c3cccc(B(O)O)c3)C(=O)[C@@H]2C1. The van der Waals surface area contributed by atoms with Crippen LogP contribution in [-0.2, 0) is 14.2 Å². The average Bonchev–Trinajstić information content (AvgIpc) is 3.17. The van der Waals surface area contributed by atoms with E-state index in [-0.39, 0.29) is 41.4 Å². The first kappa shape index (κ1) is 27.4. The van der Waals surface area contributed by atoms with Gasteiger partial charge in [-0.05, 0) is 74.1 Å². The Hall–Kier alpha value is -3.17. The first-order valence-electron chi connectivity index (χ1n) is 13.5. The number of anilines is 1. The molecule has 0 unspecified atom stereocenters. The van der Waals surface area contributed by atoms with Crippen molar-refractivity contribution in [2.75, 3.05) is 4.90 Å². The predicted molar refractivity (Wildman–Crippen MR) is 150 cm³/mol. The number of imide groups is 1. The van der Waals surface area contributed by atoms with E-state index in [0.29, 0.717) is 31.4 Å². The molecular formula is C29H33B2NO7. The number of carbonyl (C=O) groups is 2. The molecule has 2 heterocycles. The van der Waals surface area contributed by atoms with Gasteiger partial charge in [-0.15, -0.1) is 0 Å². The highest BCUT2D eigenvalue weighted by Crippen LogP contribution is 2.51. The minimum Gasteiger partial charge on any atom is -0.507 e. The Labute approximate surface area is 228 Å². The number of aromatic hydroxyl groups is 1. The number of phenols is 1. The summed E-state index contributed by atoms with van der Waals surface area (Å²) < 4.78 is 6.03. The molecule has 2 amide bonds. The van der Waals surface area contributed by atoms with Crippen molar-refractivity contribution in [1.29, 1.82) is 0 Å². The highest BCUT2D eigenvalue weighted by Gasteiger charge is 2.57. The second-order valence-electron chi connectivity index (χ2n) is 10.7. The molecule has 0 saturated carbocycles. The number of nitrogens with zero attached hydrogens (tertiary/aromatic N) is 1. The van der Waals surface area contributed by atoms with E-state index in [2.05, 4.69) is 0 Å². The average molecular weight is 529 g/mol. The first-order chi connectivity index (χ1) is 18.7. The fourth-order valence-corrected chi connectivity index (χ4v) is 6.49. The summed E-state index contributed by atoms with van der Waals surface area (Å²) in [5.74, 6) is -1.86. The first-order valence-corrected chi connectivity index (χ1v) is 13.5. The largest absolute Gasteiger partial charge is 0.507 e. The lowest BCUT2D eigenvalue weighted by Gasteiger charge is -2.43. The van der Waals surface area contributed by atoms with Crippen LogP contribution < -0.4 is 10.4 Å². The predicted octanol–water partition coefficient (Wildman–Crippen LogP) is 2.67. The van der Waals surface area contributed by atoms with Gasteiger partial charge in [0.2, 0.25) is 11.8 Å². The van der Waals surface area contributed by atoms with Crippen LogP contribution >= 0.6 is 0 Å². The zero-order valence-electron chi connectivity index (χ0n) is 22.2. The monoisotopic (exact) mass is 529 g/mol. The molecular weight excluding hydrogens is 496 g/mol. The number of hydrogen-bond acceptors (Lipinski definition) is 7. The second-order valence-corrected chi connectivity index (χ2v) is 10.7. The maximum Gasteiger partial charge on any atom is 0.488 e. The molecule has 0 bridgehead atoms. The summed E-state index contributed by atoms with van der Waals surface area (Å²) >= 11 is 0.